The summed E-state index contributed by atoms with van der Waals surface area (Å²) in [5.74, 6) is -2.56. The van der Waals surface area contributed by atoms with Crippen molar-refractivity contribution in [3.63, 3.8) is 0 Å². The molecule has 0 radical (unpaired) electrons. The molecule has 32 heavy (non-hydrogen) atoms. The summed E-state index contributed by atoms with van der Waals surface area (Å²) < 4.78 is 64.8. The minimum absolute atomic E-state index is 0.0612. The third-order valence-corrected chi connectivity index (χ3v) is 7.18. The molecule has 1 N–H and O–H groups in total. The molecule has 11 heteroatoms. The van der Waals surface area contributed by atoms with Crippen molar-refractivity contribution < 1.29 is 21.9 Å². The standard InChI is InChI=1S/C21H23F2N5O3S/c1-21(8-4-3-5-14(21)17-6-10-26-28(17)2)31-18-11-16(23)19(12-15(18)22)32(29,30)27-20-7-9-24-13-25-20/h6-7,9-14H,3-5,8H2,1-2H3,(H,24,25,27)/t14-,21-/m1/s1. The molecule has 0 aliphatic heterocycles. The summed E-state index contributed by atoms with van der Waals surface area (Å²) in [5.41, 5.74) is 0.139. The third-order valence-electron chi connectivity index (χ3n) is 5.81. The fourth-order valence-electron chi connectivity index (χ4n) is 4.20. The molecule has 2 atom stereocenters. The van der Waals surface area contributed by atoms with E-state index in [1.807, 2.05) is 20.0 Å². The maximum Gasteiger partial charge on any atom is 0.266 e. The van der Waals surface area contributed by atoms with E-state index in [4.69, 9.17) is 4.74 Å². The average molecular weight is 464 g/mol. The lowest BCUT2D eigenvalue weighted by atomic mass is 9.74. The maximum absolute atomic E-state index is 14.9. The van der Waals surface area contributed by atoms with Crippen LogP contribution in [0.3, 0.4) is 0 Å². The Bertz CT molecular complexity index is 1220. The van der Waals surface area contributed by atoms with Gasteiger partial charge < -0.3 is 4.74 Å². The molecule has 1 aliphatic carbocycles. The highest BCUT2D eigenvalue weighted by atomic mass is 32.2. The van der Waals surface area contributed by atoms with E-state index in [9.17, 15) is 17.2 Å². The number of sulfonamides is 1. The van der Waals surface area contributed by atoms with Gasteiger partial charge in [-0.3, -0.25) is 9.40 Å². The van der Waals surface area contributed by atoms with Gasteiger partial charge in [0.25, 0.3) is 10.0 Å². The molecule has 2 aromatic heterocycles. The first kappa shape index (κ1) is 22.1. The quantitative estimate of drug-likeness (QED) is 0.597. The van der Waals surface area contributed by atoms with Crippen molar-refractivity contribution in [2.75, 3.05) is 4.72 Å². The largest absolute Gasteiger partial charge is 0.484 e. The van der Waals surface area contributed by atoms with E-state index in [0.29, 0.717) is 12.5 Å². The van der Waals surface area contributed by atoms with Crippen molar-refractivity contribution in [1.29, 1.82) is 0 Å². The number of rotatable bonds is 6. The predicted molar refractivity (Wildman–Crippen MR) is 113 cm³/mol. The van der Waals surface area contributed by atoms with E-state index in [-0.39, 0.29) is 17.5 Å². The normalized spacial score (nSPS) is 21.3. The third kappa shape index (κ3) is 4.29. The Morgan fingerprint density at radius 2 is 2.00 bits per heavy atom. The van der Waals surface area contributed by atoms with Crippen LogP contribution >= 0.6 is 0 Å². The Morgan fingerprint density at radius 1 is 1.19 bits per heavy atom. The molecule has 1 aliphatic rings. The van der Waals surface area contributed by atoms with Crippen molar-refractivity contribution in [2.24, 2.45) is 7.05 Å². The number of hydrogen-bond donors (Lipinski definition) is 1. The van der Waals surface area contributed by atoms with Gasteiger partial charge in [-0.15, -0.1) is 0 Å². The van der Waals surface area contributed by atoms with E-state index in [1.54, 1.807) is 10.9 Å². The van der Waals surface area contributed by atoms with Crippen molar-refractivity contribution in [1.82, 2.24) is 19.7 Å². The van der Waals surface area contributed by atoms with Gasteiger partial charge in [0.05, 0.1) is 0 Å². The van der Waals surface area contributed by atoms with Gasteiger partial charge in [0.2, 0.25) is 0 Å². The van der Waals surface area contributed by atoms with E-state index in [0.717, 1.165) is 37.4 Å². The summed E-state index contributed by atoms with van der Waals surface area (Å²) in [6.45, 7) is 1.86. The number of benzene rings is 1. The first-order valence-electron chi connectivity index (χ1n) is 10.1. The fourth-order valence-corrected chi connectivity index (χ4v) is 5.28. The first-order chi connectivity index (χ1) is 15.2. The molecule has 3 aromatic rings. The van der Waals surface area contributed by atoms with E-state index >= 15 is 0 Å². The van der Waals surface area contributed by atoms with Gasteiger partial charge in [-0.2, -0.15) is 5.10 Å². The van der Waals surface area contributed by atoms with Crippen molar-refractivity contribution in [3.05, 3.63) is 60.3 Å². The zero-order valence-electron chi connectivity index (χ0n) is 17.6. The molecule has 8 nitrogen and oxygen atoms in total. The van der Waals surface area contributed by atoms with E-state index < -0.39 is 32.2 Å². The number of ether oxygens (including phenoxy) is 1. The predicted octanol–water partition coefficient (Wildman–Crippen LogP) is 3.78. The Balaban J connectivity index is 1.64. The van der Waals surface area contributed by atoms with Gasteiger partial charge in [-0.25, -0.2) is 27.2 Å². The Labute approximate surface area is 184 Å². The summed E-state index contributed by atoms with van der Waals surface area (Å²) in [4.78, 5) is 6.58. The summed E-state index contributed by atoms with van der Waals surface area (Å²) in [6.07, 6.45) is 7.46. The molecule has 1 saturated carbocycles. The van der Waals surface area contributed by atoms with Gasteiger partial charge in [-0.05, 0) is 38.3 Å². The second-order valence-corrected chi connectivity index (χ2v) is 9.66. The zero-order valence-corrected chi connectivity index (χ0v) is 18.4. The smallest absolute Gasteiger partial charge is 0.266 e. The Kier molecular flexibility index (Phi) is 5.85. The lowest BCUT2D eigenvalue weighted by molar-refractivity contribution is 0.0195. The molecular weight excluding hydrogens is 440 g/mol. The summed E-state index contributed by atoms with van der Waals surface area (Å²) in [6, 6.07) is 4.60. The second-order valence-electron chi connectivity index (χ2n) is 8.01. The molecular formula is C21H23F2N5O3S. The van der Waals surface area contributed by atoms with E-state index in [2.05, 4.69) is 19.8 Å². The number of aryl methyl sites for hydroxylation is 1. The van der Waals surface area contributed by atoms with Gasteiger partial charge in [0.1, 0.15) is 28.5 Å². The van der Waals surface area contributed by atoms with Crippen LogP contribution in [0, 0.1) is 11.6 Å². The van der Waals surface area contributed by atoms with Crippen LogP contribution in [0.15, 0.2) is 47.9 Å². The summed E-state index contributed by atoms with van der Waals surface area (Å²) in [7, 11) is -2.58. The van der Waals surface area contributed by atoms with Crippen LogP contribution in [0.25, 0.3) is 0 Å². The maximum atomic E-state index is 14.9. The van der Waals surface area contributed by atoms with Crippen LogP contribution < -0.4 is 9.46 Å². The lowest BCUT2D eigenvalue weighted by Gasteiger charge is -2.41. The van der Waals surface area contributed by atoms with Gasteiger partial charge in [0, 0.05) is 43.2 Å². The minimum atomic E-state index is -4.41. The van der Waals surface area contributed by atoms with Crippen LogP contribution in [0.1, 0.15) is 44.2 Å². The SMILES string of the molecule is Cn1nccc1[C@H]1CCCC[C@@]1(C)Oc1cc(F)c(S(=O)(=O)Nc2ccncn2)cc1F. The zero-order chi connectivity index (χ0) is 22.9. The number of hydrogen-bond acceptors (Lipinski definition) is 6. The number of aromatic nitrogens is 4. The number of nitrogens with zero attached hydrogens (tertiary/aromatic N) is 4. The van der Waals surface area contributed by atoms with Gasteiger partial charge in [0.15, 0.2) is 11.6 Å². The lowest BCUT2D eigenvalue weighted by Crippen LogP contribution is -2.42. The Hall–Kier alpha value is -3.08. The van der Waals surface area contributed by atoms with Gasteiger partial charge in [-0.1, -0.05) is 6.42 Å². The second kappa shape index (κ2) is 8.45. The average Bonchev–Trinajstić information content (AvgIpc) is 3.16. The highest BCUT2D eigenvalue weighted by Crippen LogP contribution is 2.44. The highest BCUT2D eigenvalue weighted by Gasteiger charge is 2.42. The van der Waals surface area contributed by atoms with Crippen LogP contribution in [-0.4, -0.2) is 33.8 Å². The first-order valence-corrected chi connectivity index (χ1v) is 11.6. The minimum Gasteiger partial charge on any atom is -0.484 e. The van der Waals surface area contributed by atoms with Crippen molar-refractivity contribution in [3.8, 4) is 5.75 Å². The molecule has 2 heterocycles. The molecule has 1 aromatic carbocycles. The monoisotopic (exact) mass is 463 g/mol. The van der Waals surface area contributed by atoms with Crippen LogP contribution in [0.2, 0.25) is 0 Å². The molecule has 0 bridgehead atoms. The van der Waals surface area contributed by atoms with Crippen molar-refractivity contribution in [2.45, 2.75) is 49.0 Å². The molecule has 0 unspecified atom stereocenters. The van der Waals surface area contributed by atoms with Gasteiger partial charge >= 0.3 is 0 Å². The fraction of sp³-hybridized carbons (Fsp3) is 0.381. The van der Waals surface area contributed by atoms with Crippen molar-refractivity contribution >= 4 is 15.8 Å². The molecule has 0 saturated heterocycles. The highest BCUT2D eigenvalue weighted by molar-refractivity contribution is 7.92. The Morgan fingerprint density at radius 3 is 2.69 bits per heavy atom. The number of halogens is 2. The number of anilines is 1. The van der Waals surface area contributed by atoms with Crippen LogP contribution in [-0.2, 0) is 17.1 Å². The van der Waals surface area contributed by atoms with Crippen LogP contribution in [0.4, 0.5) is 14.6 Å². The molecule has 0 spiro atoms. The number of nitrogens with one attached hydrogen (secondary N) is 1. The molecule has 4 rings (SSSR count). The molecule has 170 valence electrons. The topological polar surface area (TPSA) is 99.0 Å². The summed E-state index contributed by atoms with van der Waals surface area (Å²) in [5, 5.41) is 4.21. The molecule has 0 amide bonds. The summed E-state index contributed by atoms with van der Waals surface area (Å²) >= 11 is 0. The molecule has 1 fully saturated rings. The van der Waals surface area contributed by atoms with Crippen LogP contribution in [0.5, 0.6) is 5.75 Å². The van der Waals surface area contributed by atoms with E-state index in [1.165, 1.54) is 12.3 Å².